The van der Waals surface area contributed by atoms with Gasteiger partial charge in [-0.1, -0.05) is 22.0 Å². The second-order valence-corrected chi connectivity index (χ2v) is 6.75. The average molecular weight is 337 g/mol. The summed E-state index contributed by atoms with van der Waals surface area (Å²) in [7, 11) is 0. The zero-order valence-electron chi connectivity index (χ0n) is 10.7. The van der Waals surface area contributed by atoms with Gasteiger partial charge >= 0.3 is 0 Å². The smallest absolute Gasteiger partial charge is 0.0325 e. The Balaban J connectivity index is 1.74. The summed E-state index contributed by atoms with van der Waals surface area (Å²) in [5, 5.41) is 4.40. The van der Waals surface area contributed by atoms with Gasteiger partial charge in [0.2, 0.25) is 0 Å². The molecule has 2 N–H and O–H groups in total. The largest absolute Gasteiger partial charge is 0.399 e. The summed E-state index contributed by atoms with van der Waals surface area (Å²) in [6.07, 6.45) is 2.66. The Morgan fingerprint density at radius 2 is 2.11 bits per heavy atom. The highest BCUT2D eigenvalue weighted by atomic mass is 79.9. The highest BCUT2D eigenvalue weighted by Gasteiger charge is 2.29. The van der Waals surface area contributed by atoms with Gasteiger partial charge in [0.15, 0.2) is 0 Å². The van der Waals surface area contributed by atoms with Crippen LogP contribution in [0.2, 0.25) is 0 Å². The van der Waals surface area contributed by atoms with Gasteiger partial charge in [0.1, 0.15) is 0 Å². The van der Waals surface area contributed by atoms with E-state index in [1.165, 1.54) is 24.0 Å². The molecular formula is C15H17BrN2S. The third kappa shape index (κ3) is 3.38. The van der Waals surface area contributed by atoms with Crippen LogP contribution >= 0.6 is 27.3 Å². The summed E-state index contributed by atoms with van der Waals surface area (Å²) < 4.78 is 1.11. The Kier molecular flexibility index (Phi) is 3.91. The van der Waals surface area contributed by atoms with Crippen LogP contribution in [0.3, 0.4) is 0 Å². The van der Waals surface area contributed by atoms with E-state index in [9.17, 15) is 0 Å². The van der Waals surface area contributed by atoms with Crippen LogP contribution in [-0.2, 0) is 13.1 Å². The molecule has 1 heterocycles. The van der Waals surface area contributed by atoms with Crippen LogP contribution in [-0.4, -0.2) is 10.9 Å². The number of hydrogen-bond acceptors (Lipinski definition) is 3. The molecule has 1 aliphatic rings. The van der Waals surface area contributed by atoms with Gasteiger partial charge in [0, 0.05) is 29.3 Å². The molecule has 0 amide bonds. The Labute approximate surface area is 126 Å². The van der Waals surface area contributed by atoms with Gasteiger partial charge in [-0.3, -0.25) is 4.90 Å². The minimum absolute atomic E-state index is 0.754. The molecule has 0 atom stereocenters. The maximum absolute atomic E-state index is 5.80. The molecule has 4 heteroatoms. The molecule has 1 aromatic carbocycles. The van der Waals surface area contributed by atoms with Gasteiger partial charge in [-0.15, -0.1) is 0 Å². The molecule has 0 saturated heterocycles. The lowest BCUT2D eigenvalue weighted by Crippen LogP contribution is -2.25. The highest BCUT2D eigenvalue weighted by Crippen LogP contribution is 2.32. The van der Waals surface area contributed by atoms with Gasteiger partial charge in [-0.2, -0.15) is 11.3 Å². The first-order valence-electron chi connectivity index (χ1n) is 6.51. The van der Waals surface area contributed by atoms with Crippen LogP contribution in [0.15, 0.2) is 39.5 Å². The van der Waals surface area contributed by atoms with Crippen LogP contribution in [0.25, 0.3) is 0 Å². The van der Waals surface area contributed by atoms with E-state index in [1.54, 1.807) is 11.3 Å². The first-order chi connectivity index (χ1) is 9.22. The van der Waals surface area contributed by atoms with Crippen molar-refractivity contribution in [2.24, 2.45) is 0 Å². The minimum Gasteiger partial charge on any atom is -0.399 e. The van der Waals surface area contributed by atoms with E-state index in [0.717, 1.165) is 29.3 Å². The molecule has 1 fully saturated rings. The second-order valence-electron chi connectivity index (χ2n) is 5.12. The number of hydrogen-bond donors (Lipinski definition) is 1. The molecule has 1 saturated carbocycles. The van der Waals surface area contributed by atoms with Crippen molar-refractivity contribution in [2.75, 3.05) is 5.73 Å². The lowest BCUT2D eigenvalue weighted by molar-refractivity contribution is 0.245. The van der Waals surface area contributed by atoms with Crippen LogP contribution in [0, 0.1) is 0 Å². The number of benzene rings is 1. The summed E-state index contributed by atoms with van der Waals surface area (Å²) in [5.74, 6) is 0. The number of nitrogens with zero attached hydrogens (tertiary/aromatic N) is 1. The lowest BCUT2D eigenvalue weighted by Gasteiger charge is -2.22. The maximum Gasteiger partial charge on any atom is 0.0325 e. The minimum atomic E-state index is 0.754. The number of halogens is 1. The molecule has 3 rings (SSSR count). The Hall–Kier alpha value is -0.840. The molecule has 0 spiro atoms. The van der Waals surface area contributed by atoms with Crippen molar-refractivity contribution in [3.8, 4) is 0 Å². The Morgan fingerprint density at radius 3 is 2.74 bits per heavy atom. The zero-order chi connectivity index (χ0) is 13.2. The molecule has 0 aliphatic heterocycles. The van der Waals surface area contributed by atoms with Gasteiger partial charge in [-0.05, 0) is 52.9 Å². The van der Waals surface area contributed by atoms with Crippen molar-refractivity contribution in [2.45, 2.75) is 32.0 Å². The van der Waals surface area contributed by atoms with Crippen LogP contribution in [0.4, 0.5) is 5.69 Å². The Morgan fingerprint density at radius 1 is 1.26 bits per heavy atom. The monoisotopic (exact) mass is 336 g/mol. The molecule has 0 bridgehead atoms. The fourth-order valence-corrected chi connectivity index (χ4v) is 3.46. The molecule has 2 nitrogen and oxygen atoms in total. The summed E-state index contributed by atoms with van der Waals surface area (Å²) in [4.78, 5) is 2.57. The van der Waals surface area contributed by atoms with Crippen molar-refractivity contribution in [3.05, 3.63) is 50.6 Å². The Bertz CT molecular complexity index is 549. The normalized spacial score (nSPS) is 15.1. The van der Waals surface area contributed by atoms with E-state index in [0.29, 0.717) is 0 Å². The van der Waals surface area contributed by atoms with Crippen molar-refractivity contribution in [3.63, 3.8) is 0 Å². The SMILES string of the molecule is Nc1ccc(CN(Cc2ccsc2)C2CC2)c(Br)c1. The molecule has 1 aromatic heterocycles. The first-order valence-corrected chi connectivity index (χ1v) is 8.25. The van der Waals surface area contributed by atoms with E-state index in [1.807, 2.05) is 12.1 Å². The molecule has 2 aromatic rings. The van der Waals surface area contributed by atoms with Crippen molar-refractivity contribution in [1.82, 2.24) is 4.90 Å². The first kappa shape index (κ1) is 13.2. The number of thiophene rings is 1. The van der Waals surface area contributed by atoms with Gasteiger partial charge in [0.25, 0.3) is 0 Å². The van der Waals surface area contributed by atoms with E-state index in [2.05, 4.69) is 43.7 Å². The molecular weight excluding hydrogens is 320 g/mol. The van der Waals surface area contributed by atoms with Gasteiger partial charge < -0.3 is 5.73 Å². The summed E-state index contributed by atoms with van der Waals surface area (Å²) >= 11 is 5.39. The van der Waals surface area contributed by atoms with Crippen molar-refractivity contribution in [1.29, 1.82) is 0 Å². The molecule has 100 valence electrons. The molecule has 0 radical (unpaired) electrons. The van der Waals surface area contributed by atoms with Crippen LogP contribution in [0.1, 0.15) is 24.0 Å². The highest BCUT2D eigenvalue weighted by molar-refractivity contribution is 9.10. The summed E-state index contributed by atoms with van der Waals surface area (Å²) in [5.41, 5.74) is 9.35. The maximum atomic E-state index is 5.80. The number of rotatable bonds is 5. The molecule has 19 heavy (non-hydrogen) atoms. The van der Waals surface area contributed by atoms with Gasteiger partial charge in [0.05, 0.1) is 0 Å². The van der Waals surface area contributed by atoms with E-state index >= 15 is 0 Å². The van der Waals surface area contributed by atoms with E-state index in [4.69, 9.17) is 5.73 Å². The summed E-state index contributed by atoms with van der Waals surface area (Å²) in [6, 6.07) is 9.07. The fourth-order valence-electron chi connectivity index (χ4n) is 2.28. The summed E-state index contributed by atoms with van der Waals surface area (Å²) in [6.45, 7) is 2.03. The zero-order valence-corrected chi connectivity index (χ0v) is 13.1. The quantitative estimate of drug-likeness (QED) is 0.826. The van der Waals surface area contributed by atoms with Crippen LogP contribution in [0.5, 0.6) is 0 Å². The lowest BCUT2D eigenvalue weighted by atomic mass is 10.2. The standard InChI is InChI=1S/C15H17BrN2S/c16-15-7-13(17)2-1-12(15)9-18(14-3-4-14)8-11-5-6-19-10-11/h1-2,5-7,10,14H,3-4,8-9,17H2. The number of anilines is 1. The van der Waals surface area contributed by atoms with Crippen molar-refractivity contribution >= 4 is 33.0 Å². The third-order valence-electron chi connectivity index (χ3n) is 3.48. The van der Waals surface area contributed by atoms with E-state index in [-0.39, 0.29) is 0 Å². The van der Waals surface area contributed by atoms with Crippen molar-refractivity contribution < 1.29 is 0 Å². The van der Waals surface area contributed by atoms with Crippen LogP contribution < -0.4 is 5.73 Å². The number of nitrogens with two attached hydrogens (primary N) is 1. The molecule has 0 unspecified atom stereocenters. The van der Waals surface area contributed by atoms with Gasteiger partial charge in [-0.25, -0.2) is 0 Å². The van der Waals surface area contributed by atoms with E-state index < -0.39 is 0 Å². The fraction of sp³-hybridized carbons (Fsp3) is 0.333. The number of nitrogen functional groups attached to an aromatic ring is 1. The predicted octanol–water partition coefficient (Wildman–Crippen LogP) is 4.26. The second kappa shape index (κ2) is 5.65. The topological polar surface area (TPSA) is 29.3 Å². The predicted molar refractivity (Wildman–Crippen MR) is 85.1 cm³/mol. The third-order valence-corrected chi connectivity index (χ3v) is 4.95. The molecule has 1 aliphatic carbocycles. The average Bonchev–Trinajstić information content (AvgIpc) is 3.10.